The third-order valence-corrected chi connectivity index (χ3v) is 6.18. The molecule has 3 heterocycles. The number of rotatable bonds is 4. The van der Waals surface area contributed by atoms with Crippen LogP contribution < -0.4 is 4.74 Å². The molecule has 5 heteroatoms. The van der Waals surface area contributed by atoms with Crippen LogP contribution >= 0.6 is 0 Å². The van der Waals surface area contributed by atoms with Crippen LogP contribution in [0, 0.1) is 6.92 Å². The van der Waals surface area contributed by atoms with Crippen molar-refractivity contribution in [2.45, 2.75) is 38.6 Å². The Hall–Kier alpha value is -2.63. The van der Waals surface area contributed by atoms with E-state index in [1.807, 2.05) is 12.3 Å². The summed E-state index contributed by atoms with van der Waals surface area (Å²) >= 11 is 0. The largest absolute Gasteiger partial charge is 0.497 e. The van der Waals surface area contributed by atoms with Gasteiger partial charge in [-0.1, -0.05) is 42.0 Å². The standard InChI is InChI=1S/C24H27N3O2/c1-18-6-8-20(9-7-18)22-13-25-23-15-29-24(17-27(22)23)10-11-26(16-24)14-19-4-3-5-21(12-19)28-2/h3-9,12-13H,10-11,14-17H2,1-2H3. The SMILES string of the molecule is COc1cccc(CN2CCC3(C2)Cn2c(-c4ccc(C)cc4)cnc2CO3)c1. The highest BCUT2D eigenvalue weighted by Crippen LogP contribution is 2.35. The second-order valence-corrected chi connectivity index (χ2v) is 8.30. The van der Waals surface area contributed by atoms with Gasteiger partial charge in [0, 0.05) is 19.6 Å². The van der Waals surface area contributed by atoms with E-state index in [1.165, 1.54) is 22.4 Å². The molecule has 2 aliphatic heterocycles. The Balaban J connectivity index is 1.34. The first-order chi connectivity index (χ1) is 14.1. The zero-order valence-electron chi connectivity index (χ0n) is 17.1. The lowest BCUT2D eigenvalue weighted by atomic mass is 10.0. The van der Waals surface area contributed by atoms with Gasteiger partial charge in [-0.15, -0.1) is 0 Å². The minimum Gasteiger partial charge on any atom is -0.497 e. The number of aromatic nitrogens is 2. The summed E-state index contributed by atoms with van der Waals surface area (Å²) in [6, 6.07) is 17.0. The van der Waals surface area contributed by atoms with Gasteiger partial charge in [0.25, 0.3) is 0 Å². The van der Waals surface area contributed by atoms with Crippen LogP contribution in [-0.2, 0) is 24.4 Å². The first-order valence-electron chi connectivity index (χ1n) is 10.2. The lowest BCUT2D eigenvalue weighted by Gasteiger charge is -2.35. The normalized spacial score (nSPS) is 21.4. The minimum absolute atomic E-state index is 0.133. The monoisotopic (exact) mass is 389 g/mol. The summed E-state index contributed by atoms with van der Waals surface area (Å²) in [4.78, 5) is 7.11. The van der Waals surface area contributed by atoms with Crippen LogP contribution in [0.1, 0.15) is 23.4 Å². The summed E-state index contributed by atoms with van der Waals surface area (Å²) in [5, 5.41) is 0. The Morgan fingerprint density at radius 3 is 2.83 bits per heavy atom. The van der Waals surface area contributed by atoms with Crippen molar-refractivity contribution in [3.05, 3.63) is 71.7 Å². The molecule has 1 unspecified atom stereocenters. The van der Waals surface area contributed by atoms with Crippen molar-refractivity contribution in [2.75, 3.05) is 20.2 Å². The second kappa shape index (κ2) is 7.32. The molecular weight excluding hydrogens is 362 g/mol. The number of ether oxygens (including phenoxy) is 2. The van der Waals surface area contributed by atoms with E-state index >= 15 is 0 Å². The summed E-state index contributed by atoms with van der Waals surface area (Å²) in [6.45, 7) is 6.47. The molecule has 5 nitrogen and oxygen atoms in total. The Kier molecular flexibility index (Phi) is 4.64. The highest BCUT2D eigenvalue weighted by Gasteiger charge is 2.43. The van der Waals surface area contributed by atoms with Crippen LogP contribution in [0.5, 0.6) is 5.75 Å². The van der Waals surface area contributed by atoms with E-state index in [0.717, 1.165) is 44.2 Å². The van der Waals surface area contributed by atoms with Crippen molar-refractivity contribution in [1.82, 2.24) is 14.5 Å². The van der Waals surface area contributed by atoms with Gasteiger partial charge in [0.1, 0.15) is 23.8 Å². The van der Waals surface area contributed by atoms with Crippen LogP contribution in [0.15, 0.2) is 54.7 Å². The van der Waals surface area contributed by atoms with Crippen LogP contribution in [-0.4, -0.2) is 40.3 Å². The zero-order chi connectivity index (χ0) is 19.8. The summed E-state index contributed by atoms with van der Waals surface area (Å²) in [5.74, 6) is 1.94. The molecule has 1 atom stereocenters. The van der Waals surface area contributed by atoms with Crippen LogP contribution in [0.4, 0.5) is 0 Å². The maximum absolute atomic E-state index is 6.38. The minimum atomic E-state index is -0.133. The Morgan fingerprint density at radius 2 is 2.00 bits per heavy atom. The molecular formula is C24H27N3O2. The van der Waals surface area contributed by atoms with E-state index in [9.17, 15) is 0 Å². The number of aryl methyl sites for hydroxylation is 1. The molecule has 5 rings (SSSR count). The van der Waals surface area contributed by atoms with Crippen molar-refractivity contribution in [3.63, 3.8) is 0 Å². The molecule has 0 radical (unpaired) electrons. The number of hydrogen-bond donors (Lipinski definition) is 0. The summed E-state index contributed by atoms with van der Waals surface area (Å²) in [5.41, 5.74) is 4.83. The lowest BCUT2D eigenvalue weighted by molar-refractivity contribution is -0.0821. The molecule has 1 spiro atoms. The van der Waals surface area contributed by atoms with Gasteiger partial charge in [0.2, 0.25) is 0 Å². The fraction of sp³-hybridized carbons (Fsp3) is 0.375. The molecule has 2 aliphatic rings. The van der Waals surface area contributed by atoms with Crippen LogP contribution in [0.3, 0.4) is 0 Å². The molecule has 2 aromatic carbocycles. The molecule has 0 aliphatic carbocycles. The number of likely N-dealkylation sites (tertiary alicyclic amines) is 1. The number of fused-ring (bicyclic) bond motifs is 1. The van der Waals surface area contributed by atoms with Gasteiger partial charge in [-0.2, -0.15) is 0 Å². The van der Waals surface area contributed by atoms with E-state index in [-0.39, 0.29) is 5.60 Å². The van der Waals surface area contributed by atoms with Gasteiger partial charge in [0.15, 0.2) is 0 Å². The molecule has 150 valence electrons. The van der Waals surface area contributed by atoms with E-state index < -0.39 is 0 Å². The quantitative estimate of drug-likeness (QED) is 0.675. The molecule has 0 N–H and O–H groups in total. The predicted octanol–water partition coefficient (Wildman–Crippen LogP) is 4.04. The maximum Gasteiger partial charge on any atom is 0.135 e. The molecule has 1 fully saturated rings. The number of imidazole rings is 1. The van der Waals surface area contributed by atoms with Crippen molar-refractivity contribution in [1.29, 1.82) is 0 Å². The Labute approximate surface area is 171 Å². The third-order valence-electron chi connectivity index (χ3n) is 6.18. The summed E-state index contributed by atoms with van der Waals surface area (Å²) in [7, 11) is 1.72. The van der Waals surface area contributed by atoms with Gasteiger partial charge in [0.05, 0.1) is 25.5 Å². The average molecular weight is 389 g/mol. The van der Waals surface area contributed by atoms with E-state index in [2.05, 4.69) is 63.8 Å². The topological polar surface area (TPSA) is 39.5 Å². The molecule has 1 aromatic heterocycles. The van der Waals surface area contributed by atoms with E-state index in [1.54, 1.807) is 7.11 Å². The number of hydrogen-bond acceptors (Lipinski definition) is 4. The molecule has 3 aromatic rings. The molecule has 0 saturated carbocycles. The fourth-order valence-corrected chi connectivity index (χ4v) is 4.55. The smallest absolute Gasteiger partial charge is 0.135 e. The first kappa shape index (κ1) is 18.4. The summed E-state index contributed by atoms with van der Waals surface area (Å²) < 4.78 is 14.1. The average Bonchev–Trinajstić information content (AvgIpc) is 3.33. The Morgan fingerprint density at radius 1 is 1.14 bits per heavy atom. The number of methoxy groups -OCH3 is 1. The van der Waals surface area contributed by atoms with Gasteiger partial charge < -0.3 is 14.0 Å². The van der Waals surface area contributed by atoms with Crippen molar-refractivity contribution >= 4 is 0 Å². The van der Waals surface area contributed by atoms with E-state index in [4.69, 9.17) is 9.47 Å². The predicted molar refractivity (Wildman–Crippen MR) is 113 cm³/mol. The molecule has 0 amide bonds. The van der Waals surface area contributed by atoms with Gasteiger partial charge in [-0.3, -0.25) is 4.90 Å². The van der Waals surface area contributed by atoms with Crippen molar-refractivity contribution in [2.24, 2.45) is 0 Å². The van der Waals surface area contributed by atoms with Crippen molar-refractivity contribution in [3.8, 4) is 17.0 Å². The highest BCUT2D eigenvalue weighted by molar-refractivity contribution is 5.60. The third kappa shape index (κ3) is 3.56. The molecule has 29 heavy (non-hydrogen) atoms. The van der Waals surface area contributed by atoms with Gasteiger partial charge >= 0.3 is 0 Å². The Bertz CT molecular complexity index is 1010. The second-order valence-electron chi connectivity index (χ2n) is 8.30. The van der Waals surface area contributed by atoms with E-state index in [0.29, 0.717) is 6.61 Å². The number of benzene rings is 2. The molecule has 0 bridgehead atoms. The summed E-state index contributed by atoms with van der Waals surface area (Å²) in [6.07, 6.45) is 3.03. The van der Waals surface area contributed by atoms with Crippen LogP contribution in [0.2, 0.25) is 0 Å². The number of nitrogens with zero attached hydrogens (tertiary/aromatic N) is 3. The van der Waals surface area contributed by atoms with Crippen LogP contribution in [0.25, 0.3) is 11.3 Å². The zero-order valence-corrected chi connectivity index (χ0v) is 17.1. The lowest BCUT2D eigenvalue weighted by Crippen LogP contribution is -2.44. The highest BCUT2D eigenvalue weighted by atomic mass is 16.5. The van der Waals surface area contributed by atoms with Crippen molar-refractivity contribution < 1.29 is 9.47 Å². The maximum atomic E-state index is 6.38. The fourth-order valence-electron chi connectivity index (χ4n) is 4.55. The first-order valence-corrected chi connectivity index (χ1v) is 10.2. The van der Waals surface area contributed by atoms with Gasteiger partial charge in [-0.25, -0.2) is 4.98 Å². The van der Waals surface area contributed by atoms with Gasteiger partial charge in [-0.05, 0) is 36.6 Å². The molecule has 1 saturated heterocycles.